The second-order valence-electron chi connectivity index (χ2n) is 5.32. The number of hydrogen-bond donors (Lipinski definition) is 1. The average Bonchev–Trinajstić information content (AvgIpc) is 2.74. The van der Waals surface area contributed by atoms with E-state index in [1.807, 2.05) is 0 Å². The van der Waals surface area contributed by atoms with Crippen molar-refractivity contribution >= 4 is 17.1 Å². The van der Waals surface area contributed by atoms with E-state index in [9.17, 15) is 0 Å². The van der Waals surface area contributed by atoms with Crippen molar-refractivity contribution in [1.82, 2.24) is 19.5 Å². The standard InChI is InChI=1S/C13H19N5O/c1-8-4-3-5-9(6-8)18-11-10(17-13(18)14)12(19-2)16-7-15-11/h7-9H,3-6H2,1-2H3,(H2,14,17). The molecule has 6 nitrogen and oxygen atoms in total. The summed E-state index contributed by atoms with van der Waals surface area (Å²) >= 11 is 0. The van der Waals surface area contributed by atoms with Crippen molar-refractivity contribution in [1.29, 1.82) is 0 Å². The number of ether oxygens (including phenoxy) is 1. The first-order valence-corrected chi connectivity index (χ1v) is 6.73. The second-order valence-corrected chi connectivity index (χ2v) is 5.32. The number of fused-ring (bicyclic) bond motifs is 1. The highest BCUT2D eigenvalue weighted by Crippen LogP contribution is 2.36. The Hall–Kier alpha value is -1.85. The number of imidazole rings is 1. The monoisotopic (exact) mass is 261 g/mol. The van der Waals surface area contributed by atoms with Crippen molar-refractivity contribution in [3.05, 3.63) is 6.33 Å². The molecule has 2 heterocycles. The van der Waals surface area contributed by atoms with E-state index in [-0.39, 0.29) is 0 Å². The highest BCUT2D eigenvalue weighted by atomic mass is 16.5. The highest BCUT2D eigenvalue weighted by molar-refractivity contribution is 5.79. The van der Waals surface area contributed by atoms with E-state index in [0.29, 0.717) is 23.4 Å². The minimum absolute atomic E-state index is 0.383. The van der Waals surface area contributed by atoms with E-state index in [4.69, 9.17) is 10.5 Å². The summed E-state index contributed by atoms with van der Waals surface area (Å²) in [6, 6.07) is 0.383. The fourth-order valence-corrected chi connectivity index (χ4v) is 3.05. The molecule has 1 aliphatic carbocycles. The van der Waals surface area contributed by atoms with E-state index in [2.05, 4.69) is 26.4 Å². The SMILES string of the molecule is COc1ncnc2c1nc(N)n2C1CCCC(C)C1. The molecule has 102 valence electrons. The molecule has 1 saturated carbocycles. The summed E-state index contributed by atoms with van der Waals surface area (Å²) in [7, 11) is 1.58. The quantitative estimate of drug-likeness (QED) is 0.896. The van der Waals surface area contributed by atoms with Gasteiger partial charge in [0.25, 0.3) is 0 Å². The summed E-state index contributed by atoms with van der Waals surface area (Å²) < 4.78 is 7.27. The molecule has 0 aliphatic heterocycles. The number of hydrogen-bond acceptors (Lipinski definition) is 5. The zero-order chi connectivity index (χ0) is 13.4. The topological polar surface area (TPSA) is 78.8 Å². The summed E-state index contributed by atoms with van der Waals surface area (Å²) in [5.41, 5.74) is 7.52. The number of nitrogen functional groups attached to an aromatic ring is 1. The Labute approximate surface area is 112 Å². The van der Waals surface area contributed by atoms with Gasteiger partial charge in [0.1, 0.15) is 6.33 Å². The first kappa shape index (κ1) is 12.2. The molecule has 0 amide bonds. The van der Waals surface area contributed by atoms with Gasteiger partial charge in [0.15, 0.2) is 11.2 Å². The minimum Gasteiger partial charge on any atom is -0.479 e. The lowest BCUT2D eigenvalue weighted by molar-refractivity contribution is 0.288. The number of methoxy groups -OCH3 is 1. The van der Waals surface area contributed by atoms with Crippen LogP contribution in [-0.4, -0.2) is 26.6 Å². The van der Waals surface area contributed by atoms with Crippen LogP contribution in [0.25, 0.3) is 11.2 Å². The molecule has 0 bridgehead atoms. The van der Waals surface area contributed by atoms with Gasteiger partial charge >= 0.3 is 0 Å². The van der Waals surface area contributed by atoms with Gasteiger partial charge in [0.05, 0.1) is 7.11 Å². The van der Waals surface area contributed by atoms with E-state index in [1.54, 1.807) is 7.11 Å². The van der Waals surface area contributed by atoms with Gasteiger partial charge in [0, 0.05) is 6.04 Å². The normalized spacial score (nSPS) is 23.7. The second kappa shape index (κ2) is 4.68. The zero-order valence-electron chi connectivity index (χ0n) is 11.3. The third-order valence-corrected chi connectivity index (χ3v) is 3.94. The van der Waals surface area contributed by atoms with Gasteiger partial charge < -0.3 is 10.5 Å². The summed E-state index contributed by atoms with van der Waals surface area (Å²) in [5.74, 6) is 1.71. The summed E-state index contributed by atoms with van der Waals surface area (Å²) in [5, 5.41) is 0. The van der Waals surface area contributed by atoms with Crippen molar-refractivity contribution < 1.29 is 4.74 Å². The maximum Gasteiger partial charge on any atom is 0.245 e. The zero-order valence-corrected chi connectivity index (χ0v) is 11.3. The summed E-state index contributed by atoms with van der Waals surface area (Å²) in [6.07, 6.45) is 6.29. The van der Waals surface area contributed by atoms with Gasteiger partial charge in [-0.25, -0.2) is 9.97 Å². The van der Waals surface area contributed by atoms with Crippen molar-refractivity contribution in [3.63, 3.8) is 0 Å². The van der Waals surface area contributed by atoms with Crippen LogP contribution in [0.4, 0.5) is 5.95 Å². The predicted octanol–water partition coefficient (Wildman–Crippen LogP) is 2.17. The molecule has 3 rings (SSSR count). The van der Waals surface area contributed by atoms with Crippen molar-refractivity contribution in [2.45, 2.75) is 38.6 Å². The highest BCUT2D eigenvalue weighted by Gasteiger charge is 2.25. The maximum absolute atomic E-state index is 6.08. The molecule has 1 aliphatic rings. The van der Waals surface area contributed by atoms with Gasteiger partial charge in [-0.15, -0.1) is 0 Å². The van der Waals surface area contributed by atoms with Crippen LogP contribution in [0.3, 0.4) is 0 Å². The molecule has 0 aromatic carbocycles. The Bertz CT molecular complexity index is 594. The van der Waals surface area contributed by atoms with Gasteiger partial charge in [-0.3, -0.25) is 4.57 Å². The van der Waals surface area contributed by atoms with Crippen molar-refractivity contribution in [2.24, 2.45) is 5.92 Å². The van der Waals surface area contributed by atoms with Crippen LogP contribution >= 0.6 is 0 Å². The lowest BCUT2D eigenvalue weighted by Crippen LogP contribution is -2.19. The van der Waals surface area contributed by atoms with Crippen LogP contribution in [0.1, 0.15) is 38.6 Å². The molecule has 0 saturated heterocycles. The number of rotatable bonds is 2. The Morgan fingerprint density at radius 3 is 2.95 bits per heavy atom. The van der Waals surface area contributed by atoms with Crippen LogP contribution < -0.4 is 10.5 Å². The van der Waals surface area contributed by atoms with Crippen LogP contribution in [0, 0.1) is 5.92 Å². The smallest absolute Gasteiger partial charge is 0.245 e. The molecule has 2 unspecified atom stereocenters. The maximum atomic E-state index is 6.08. The third kappa shape index (κ3) is 2.01. The van der Waals surface area contributed by atoms with Crippen LogP contribution in [0.5, 0.6) is 5.88 Å². The fraction of sp³-hybridized carbons (Fsp3) is 0.615. The molecule has 1 fully saturated rings. The van der Waals surface area contributed by atoms with E-state index < -0.39 is 0 Å². The first-order chi connectivity index (χ1) is 9.20. The van der Waals surface area contributed by atoms with Crippen molar-refractivity contribution in [2.75, 3.05) is 12.8 Å². The summed E-state index contributed by atoms with van der Waals surface area (Å²) in [6.45, 7) is 2.29. The van der Waals surface area contributed by atoms with Crippen molar-refractivity contribution in [3.8, 4) is 5.88 Å². The Balaban J connectivity index is 2.10. The van der Waals surface area contributed by atoms with Gasteiger partial charge in [-0.1, -0.05) is 19.8 Å². The third-order valence-electron chi connectivity index (χ3n) is 3.94. The molecular formula is C13H19N5O. The molecule has 6 heteroatoms. The summed E-state index contributed by atoms with van der Waals surface area (Å²) in [4.78, 5) is 12.8. The molecule has 2 aromatic heterocycles. The molecule has 0 radical (unpaired) electrons. The van der Waals surface area contributed by atoms with E-state index in [1.165, 1.54) is 19.2 Å². The molecule has 2 aromatic rings. The molecule has 19 heavy (non-hydrogen) atoms. The molecule has 2 N–H and O–H groups in total. The number of nitrogens with zero attached hydrogens (tertiary/aromatic N) is 4. The van der Waals surface area contributed by atoms with Gasteiger partial charge in [0.2, 0.25) is 11.8 Å². The number of aromatic nitrogens is 4. The molecule has 2 atom stereocenters. The first-order valence-electron chi connectivity index (χ1n) is 6.73. The van der Waals surface area contributed by atoms with Crippen LogP contribution in [0.15, 0.2) is 6.33 Å². The fourth-order valence-electron chi connectivity index (χ4n) is 3.05. The van der Waals surface area contributed by atoms with Crippen LogP contribution in [-0.2, 0) is 0 Å². The lowest BCUT2D eigenvalue weighted by Gasteiger charge is -2.28. The number of nitrogens with two attached hydrogens (primary N) is 1. The Kier molecular flexibility index (Phi) is 3.00. The average molecular weight is 261 g/mol. The molecule has 0 spiro atoms. The van der Waals surface area contributed by atoms with Gasteiger partial charge in [-0.2, -0.15) is 4.98 Å². The predicted molar refractivity (Wildman–Crippen MR) is 73.0 cm³/mol. The Morgan fingerprint density at radius 1 is 1.37 bits per heavy atom. The van der Waals surface area contributed by atoms with Crippen LogP contribution in [0.2, 0.25) is 0 Å². The Morgan fingerprint density at radius 2 is 2.21 bits per heavy atom. The minimum atomic E-state index is 0.383. The lowest BCUT2D eigenvalue weighted by atomic mass is 9.87. The molecular weight excluding hydrogens is 242 g/mol. The number of anilines is 1. The largest absolute Gasteiger partial charge is 0.479 e. The van der Waals surface area contributed by atoms with E-state index in [0.717, 1.165) is 24.4 Å². The van der Waals surface area contributed by atoms with Gasteiger partial charge in [-0.05, 0) is 18.8 Å². The van der Waals surface area contributed by atoms with E-state index >= 15 is 0 Å².